The van der Waals surface area contributed by atoms with Gasteiger partial charge in [0, 0.05) is 14.8 Å². The van der Waals surface area contributed by atoms with Gasteiger partial charge in [0.1, 0.15) is 0 Å². The third-order valence-corrected chi connectivity index (χ3v) is 4.88. The van der Waals surface area contributed by atoms with Crippen molar-refractivity contribution in [2.24, 2.45) is 5.92 Å². The molecule has 3 heteroatoms. The van der Waals surface area contributed by atoms with Crippen molar-refractivity contribution in [2.45, 2.75) is 12.8 Å². The van der Waals surface area contributed by atoms with Crippen LogP contribution in [0.5, 0.6) is 0 Å². The Hall–Kier alpha value is -0.310. The Balaban J connectivity index is 2.07. The molecule has 0 fully saturated rings. The fourth-order valence-electron chi connectivity index (χ4n) is 2.15. The Bertz CT molecular complexity index is 540. The molecule has 0 aliphatic carbocycles. The molecule has 0 N–H and O–H groups in total. The highest BCUT2D eigenvalue weighted by Crippen LogP contribution is 2.23. The fourth-order valence-corrected chi connectivity index (χ4v) is 3.27. The van der Waals surface area contributed by atoms with Crippen LogP contribution in [0.1, 0.15) is 11.1 Å². The molecule has 0 aromatic heterocycles. The average molecular weight is 403 g/mol. The van der Waals surface area contributed by atoms with E-state index < -0.39 is 0 Å². The van der Waals surface area contributed by atoms with Crippen LogP contribution in [-0.4, -0.2) is 5.33 Å². The van der Waals surface area contributed by atoms with Gasteiger partial charge in [0.05, 0.1) is 0 Å². The lowest BCUT2D eigenvalue weighted by molar-refractivity contribution is 0.591. The molecule has 2 rings (SSSR count). The van der Waals surface area contributed by atoms with E-state index in [1.807, 2.05) is 18.2 Å². The van der Waals surface area contributed by atoms with Gasteiger partial charge in [0.15, 0.2) is 0 Å². The van der Waals surface area contributed by atoms with Crippen molar-refractivity contribution in [1.82, 2.24) is 0 Å². The van der Waals surface area contributed by atoms with Gasteiger partial charge in [-0.15, -0.1) is 0 Å². The van der Waals surface area contributed by atoms with Crippen LogP contribution in [0.2, 0.25) is 5.02 Å². The van der Waals surface area contributed by atoms with Crippen LogP contribution >= 0.6 is 43.5 Å². The van der Waals surface area contributed by atoms with Crippen LogP contribution in [0.25, 0.3) is 0 Å². The summed E-state index contributed by atoms with van der Waals surface area (Å²) < 4.78 is 1.14. The van der Waals surface area contributed by atoms with Crippen molar-refractivity contribution in [3.63, 3.8) is 0 Å². The molecule has 0 aliphatic heterocycles. The minimum Gasteiger partial charge on any atom is -0.0925 e. The summed E-state index contributed by atoms with van der Waals surface area (Å²) in [7, 11) is 0. The van der Waals surface area contributed by atoms with Gasteiger partial charge in [-0.25, -0.2) is 0 Å². The molecule has 0 amide bonds. The normalized spacial score (nSPS) is 12.4. The summed E-state index contributed by atoms with van der Waals surface area (Å²) in [5.41, 5.74) is 2.58. The van der Waals surface area contributed by atoms with Crippen molar-refractivity contribution in [1.29, 1.82) is 0 Å². The Kier molecular flexibility index (Phi) is 5.93. The first kappa shape index (κ1) is 15.1. The summed E-state index contributed by atoms with van der Waals surface area (Å²) in [6, 6.07) is 16.6. The molecule has 0 heterocycles. The van der Waals surface area contributed by atoms with Crippen LogP contribution in [0.4, 0.5) is 0 Å². The SMILES string of the molecule is Clc1ccccc1CC(CBr)Cc1cccc(Br)c1. The Morgan fingerprint density at radius 3 is 2.47 bits per heavy atom. The minimum atomic E-state index is 0.550. The number of hydrogen-bond donors (Lipinski definition) is 0. The van der Waals surface area contributed by atoms with Gasteiger partial charge in [-0.05, 0) is 48.1 Å². The number of hydrogen-bond acceptors (Lipinski definition) is 0. The Morgan fingerprint density at radius 2 is 1.79 bits per heavy atom. The van der Waals surface area contributed by atoms with E-state index in [0.29, 0.717) is 5.92 Å². The smallest absolute Gasteiger partial charge is 0.0438 e. The topological polar surface area (TPSA) is 0 Å². The zero-order chi connectivity index (χ0) is 13.7. The summed E-state index contributed by atoms with van der Waals surface area (Å²) in [6.45, 7) is 0. The molecule has 2 aromatic carbocycles. The van der Waals surface area contributed by atoms with Gasteiger partial charge in [0.2, 0.25) is 0 Å². The van der Waals surface area contributed by atoms with E-state index >= 15 is 0 Å². The fraction of sp³-hybridized carbons (Fsp3) is 0.250. The van der Waals surface area contributed by atoms with E-state index in [0.717, 1.165) is 27.7 Å². The van der Waals surface area contributed by atoms with Crippen LogP contribution in [0.3, 0.4) is 0 Å². The molecule has 0 spiro atoms. The summed E-state index contributed by atoms with van der Waals surface area (Å²) in [5.74, 6) is 0.550. The maximum atomic E-state index is 6.23. The summed E-state index contributed by atoms with van der Waals surface area (Å²) >= 11 is 13.4. The molecule has 0 nitrogen and oxygen atoms in total. The molecule has 0 bridgehead atoms. The zero-order valence-electron chi connectivity index (χ0n) is 10.5. The molecule has 1 atom stereocenters. The van der Waals surface area contributed by atoms with E-state index in [4.69, 9.17) is 11.6 Å². The summed E-state index contributed by atoms with van der Waals surface area (Å²) in [5, 5.41) is 1.84. The molecule has 0 radical (unpaired) electrons. The van der Waals surface area contributed by atoms with Gasteiger partial charge in [-0.3, -0.25) is 0 Å². The predicted molar refractivity (Wildman–Crippen MR) is 90.3 cm³/mol. The molecule has 0 aliphatic rings. The standard InChI is InChI=1S/C16H15Br2Cl/c17-11-13(8-12-4-3-6-15(18)10-12)9-14-5-1-2-7-16(14)19/h1-7,10,13H,8-9,11H2. The Labute approximate surface area is 136 Å². The monoisotopic (exact) mass is 400 g/mol. The van der Waals surface area contributed by atoms with Gasteiger partial charge in [-0.2, -0.15) is 0 Å². The van der Waals surface area contributed by atoms with E-state index in [1.165, 1.54) is 11.1 Å². The quantitative estimate of drug-likeness (QED) is 0.546. The van der Waals surface area contributed by atoms with Gasteiger partial charge in [-0.1, -0.05) is 73.8 Å². The molecule has 100 valence electrons. The minimum absolute atomic E-state index is 0.550. The van der Waals surface area contributed by atoms with E-state index in [1.54, 1.807) is 0 Å². The molecule has 19 heavy (non-hydrogen) atoms. The van der Waals surface area contributed by atoms with Gasteiger partial charge >= 0.3 is 0 Å². The third kappa shape index (κ3) is 4.62. The van der Waals surface area contributed by atoms with Crippen molar-refractivity contribution in [2.75, 3.05) is 5.33 Å². The summed E-state index contributed by atoms with van der Waals surface area (Å²) in [4.78, 5) is 0. The van der Waals surface area contributed by atoms with Gasteiger partial charge in [0.25, 0.3) is 0 Å². The van der Waals surface area contributed by atoms with Gasteiger partial charge < -0.3 is 0 Å². The first-order valence-electron chi connectivity index (χ1n) is 6.23. The highest BCUT2D eigenvalue weighted by Gasteiger charge is 2.11. The maximum Gasteiger partial charge on any atom is 0.0438 e. The number of halogens is 3. The molecule has 2 aromatic rings. The zero-order valence-corrected chi connectivity index (χ0v) is 14.4. The predicted octanol–water partition coefficient (Wildman–Crippen LogP) is 5.90. The second-order valence-corrected chi connectivity index (χ2v) is 6.62. The highest BCUT2D eigenvalue weighted by atomic mass is 79.9. The lowest BCUT2D eigenvalue weighted by Crippen LogP contribution is -2.10. The molecule has 0 saturated carbocycles. The first-order valence-corrected chi connectivity index (χ1v) is 8.52. The van der Waals surface area contributed by atoms with Crippen molar-refractivity contribution >= 4 is 43.5 Å². The molecular weight excluding hydrogens is 387 g/mol. The van der Waals surface area contributed by atoms with Crippen molar-refractivity contribution in [3.8, 4) is 0 Å². The van der Waals surface area contributed by atoms with Crippen molar-refractivity contribution in [3.05, 3.63) is 69.2 Å². The number of alkyl halides is 1. The van der Waals surface area contributed by atoms with E-state index in [-0.39, 0.29) is 0 Å². The second-order valence-electron chi connectivity index (χ2n) is 4.65. The highest BCUT2D eigenvalue weighted by molar-refractivity contribution is 9.10. The Morgan fingerprint density at radius 1 is 1.00 bits per heavy atom. The third-order valence-electron chi connectivity index (χ3n) is 3.10. The first-order chi connectivity index (χ1) is 9.19. The summed E-state index contributed by atoms with van der Waals surface area (Å²) in [6.07, 6.45) is 2.05. The van der Waals surface area contributed by atoms with E-state index in [2.05, 4.69) is 62.2 Å². The van der Waals surface area contributed by atoms with E-state index in [9.17, 15) is 0 Å². The number of rotatable bonds is 5. The number of benzene rings is 2. The van der Waals surface area contributed by atoms with Crippen LogP contribution < -0.4 is 0 Å². The lowest BCUT2D eigenvalue weighted by Gasteiger charge is -2.15. The average Bonchev–Trinajstić information content (AvgIpc) is 2.40. The maximum absolute atomic E-state index is 6.23. The second kappa shape index (κ2) is 7.47. The molecular formula is C16H15Br2Cl. The molecule has 1 unspecified atom stereocenters. The van der Waals surface area contributed by atoms with Crippen LogP contribution in [-0.2, 0) is 12.8 Å². The van der Waals surface area contributed by atoms with Crippen LogP contribution in [0, 0.1) is 5.92 Å². The lowest BCUT2D eigenvalue weighted by atomic mass is 9.94. The van der Waals surface area contributed by atoms with Crippen molar-refractivity contribution < 1.29 is 0 Å². The largest absolute Gasteiger partial charge is 0.0925 e. The molecule has 0 saturated heterocycles. The van der Waals surface area contributed by atoms with Crippen LogP contribution in [0.15, 0.2) is 53.0 Å².